The summed E-state index contributed by atoms with van der Waals surface area (Å²) in [4.78, 5) is 23.4. The van der Waals surface area contributed by atoms with Crippen LogP contribution in [0.3, 0.4) is 0 Å². The summed E-state index contributed by atoms with van der Waals surface area (Å²) in [5.74, 6) is -1.13. The third-order valence-corrected chi connectivity index (χ3v) is 3.47. The van der Waals surface area contributed by atoms with Gasteiger partial charge in [-0.25, -0.2) is 9.59 Å². The molecular weight excluding hydrogens is 294 g/mol. The predicted octanol–water partition coefficient (Wildman–Crippen LogP) is 3.36. The van der Waals surface area contributed by atoms with Crippen molar-refractivity contribution in [2.75, 3.05) is 0 Å². The minimum Gasteiger partial charge on any atom is -0.479 e. The SMILES string of the molecule is Cc1ccc(C)c([C@@H](NC(=O)OCc2ccccc2)C(=O)O)c1. The fourth-order valence-electron chi connectivity index (χ4n) is 2.23. The van der Waals surface area contributed by atoms with Crippen LogP contribution >= 0.6 is 0 Å². The van der Waals surface area contributed by atoms with E-state index >= 15 is 0 Å². The lowest BCUT2D eigenvalue weighted by atomic mass is 9.99. The van der Waals surface area contributed by atoms with Gasteiger partial charge in [-0.3, -0.25) is 0 Å². The van der Waals surface area contributed by atoms with Crippen molar-refractivity contribution in [1.82, 2.24) is 5.32 Å². The van der Waals surface area contributed by atoms with Gasteiger partial charge in [0.15, 0.2) is 6.04 Å². The molecule has 0 saturated carbocycles. The number of alkyl carbamates (subject to hydrolysis) is 1. The van der Waals surface area contributed by atoms with E-state index in [2.05, 4.69) is 5.32 Å². The van der Waals surface area contributed by atoms with Gasteiger partial charge in [0, 0.05) is 0 Å². The summed E-state index contributed by atoms with van der Waals surface area (Å²) >= 11 is 0. The van der Waals surface area contributed by atoms with Crippen LogP contribution in [0.25, 0.3) is 0 Å². The maximum atomic E-state index is 11.9. The Hall–Kier alpha value is -2.82. The molecule has 0 spiro atoms. The Morgan fingerprint density at radius 1 is 1.13 bits per heavy atom. The monoisotopic (exact) mass is 313 g/mol. The van der Waals surface area contributed by atoms with Crippen molar-refractivity contribution < 1.29 is 19.4 Å². The molecule has 0 aliphatic heterocycles. The molecule has 120 valence electrons. The van der Waals surface area contributed by atoms with Crippen molar-refractivity contribution in [3.63, 3.8) is 0 Å². The Labute approximate surface area is 134 Å². The molecule has 2 aromatic rings. The highest BCUT2D eigenvalue weighted by Crippen LogP contribution is 2.20. The zero-order valence-electron chi connectivity index (χ0n) is 13.1. The van der Waals surface area contributed by atoms with Gasteiger partial charge in [0.05, 0.1) is 0 Å². The van der Waals surface area contributed by atoms with Crippen LogP contribution in [-0.4, -0.2) is 17.2 Å². The van der Waals surface area contributed by atoms with E-state index in [9.17, 15) is 14.7 Å². The van der Waals surface area contributed by atoms with Gasteiger partial charge in [0.2, 0.25) is 0 Å². The van der Waals surface area contributed by atoms with Crippen LogP contribution in [0.1, 0.15) is 28.3 Å². The van der Waals surface area contributed by atoms with Crippen molar-refractivity contribution in [3.05, 3.63) is 70.8 Å². The molecule has 1 amide bonds. The fourth-order valence-corrected chi connectivity index (χ4v) is 2.23. The number of carboxylic acid groups (broad SMARTS) is 1. The standard InChI is InChI=1S/C18H19NO4/c1-12-8-9-13(2)15(10-12)16(17(20)21)19-18(22)23-11-14-6-4-3-5-7-14/h3-10,16H,11H2,1-2H3,(H,19,22)(H,20,21)/t16-/m1/s1. The number of hydrogen-bond donors (Lipinski definition) is 2. The molecule has 5 nitrogen and oxygen atoms in total. The quantitative estimate of drug-likeness (QED) is 0.887. The minimum atomic E-state index is -1.14. The van der Waals surface area contributed by atoms with Gasteiger partial charge in [0.1, 0.15) is 6.61 Å². The summed E-state index contributed by atoms with van der Waals surface area (Å²) in [6.45, 7) is 3.77. The second-order valence-corrected chi connectivity index (χ2v) is 5.34. The average Bonchev–Trinajstić information content (AvgIpc) is 2.54. The number of carbonyl (C=O) groups is 2. The number of hydrogen-bond acceptors (Lipinski definition) is 3. The number of aryl methyl sites for hydroxylation is 2. The normalized spacial score (nSPS) is 11.6. The Morgan fingerprint density at radius 3 is 2.48 bits per heavy atom. The Balaban J connectivity index is 2.06. The van der Waals surface area contributed by atoms with Gasteiger partial charge in [-0.1, -0.05) is 54.1 Å². The minimum absolute atomic E-state index is 0.0891. The largest absolute Gasteiger partial charge is 0.479 e. The number of ether oxygens (including phenoxy) is 1. The van der Waals surface area contributed by atoms with Gasteiger partial charge in [0.25, 0.3) is 0 Å². The van der Waals surface area contributed by atoms with E-state index < -0.39 is 18.1 Å². The van der Waals surface area contributed by atoms with E-state index in [4.69, 9.17) is 4.74 Å². The maximum Gasteiger partial charge on any atom is 0.408 e. The van der Waals surface area contributed by atoms with Gasteiger partial charge in [-0.15, -0.1) is 0 Å². The molecule has 0 radical (unpaired) electrons. The third kappa shape index (κ3) is 4.57. The summed E-state index contributed by atoms with van der Waals surface area (Å²) in [5.41, 5.74) is 3.11. The highest BCUT2D eigenvalue weighted by molar-refractivity contribution is 5.81. The van der Waals surface area contributed by atoms with Crippen LogP contribution in [0.2, 0.25) is 0 Å². The van der Waals surface area contributed by atoms with Crippen LogP contribution in [0.4, 0.5) is 4.79 Å². The van der Waals surface area contributed by atoms with Gasteiger partial charge < -0.3 is 15.2 Å². The first-order valence-corrected chi connectivity index (χ1v) is 7.24. The molecule has 0 heterocycles. The molecular formula is C18H19NO4. The molecule has 23 heavy (non-hydrogen) atoms. The van der Waals surface area contributed by atoms with E-state index in [0.717, 1.165) is 16.7 Å². The lowest BCUT2D eigenvalue weighted by Crippen LogP contribution is -2.34. The Morgan fingerprint density at radius 2 is 1.83 bits per heavy atom. The zero-order chi connectivity index (χ0) is 16.8. The first-order valence-electron chi connectivity index (χ1n) is 7.24. The first-order chi connectivity index (χ1) is 11.0. The van der Waals surface area contributed by atoms with Gasteiger partial charge >= 0.3 is 12.1 Å². The lowest BCUT2D eigenvalue weighted by Gasteiger charge is -2.17. The van der Waals surface area contributed by atoms with E-state index in [-0.39, 0.29) is 6.61 Å². The molecule has 2 aromatic carbocycles. The smallest absolute Gasteiger partial charge is 0.408 e. The Kier molecular flexibility index (Phi) is 5.36. The number of rotatable bonds is 5. The number of carbonyl (C=O) groups excluding carboxylic acids is 1. The average molecular weight is 313 g/mol. The van der Waals surface area contributed by atoms with E-state index in [1.807, 2.05) is 56.3 Å². The zero-order valence-corrected chi connectivity index (χ0v) is 13.1. The first kappa shape index (κ1) is 16.5. The van der Waals surface area contributed by atoms with Crippen molar-refractivity contribution in [1.29, 1.82) is 0 Å². The van der Waals surface area contributed by atoms with E-state index in [1.54, 1.807) is 6.07 Å². The van der Waals surface area contributed by atoms with Crippen molar-refractivity contribution in [2.24, 2.45) is 0 Å². The molecule has 0 aliphatic carbocycles. The summed E-state index contributed by atoms with van der Waals surface area (Å²) in [6, 6.07) is 13.5. The molecule has 0 aromatic heterocycles. The summed E-state index contributed by atoms with van der Waals surface area (Å²) in [6.07, 6.45) is -0.762. The predicted molar refractivity (Wildman–Crippen MR) is 86.1 cm³/mol. The third-order valence-electron chi connectivity index (χ3n) is 3.47. The molecule has 0 unspecified atom stereocenters. The number of nitrogens with one attached hydrogen (secondary N) is 1. The summed E-state index contributed by atoms with van der Waals surface area (Å²) in [7, 11) is 0. The van der Waals surface area contributed by atoms with Crippen LogP contribution in [0.5, 0.6) is 0 Å². The van der Waals surface area contributed by atoms with Crippen molar-refractivity contribution in [3.8, 4) is 0 Å². The fraction of sp³-hybridized carbons (Fsp3) is 0.222. The Bertz CT molecular complexity index is 697. The van der Waals surface area contributed by atoms with E-state index in [1.165, 1.54) is 0 Å². The van der Waals surface area contributed by atoms with Gasteiger partial charge in [-0.05, 0) is 30.5 Å². The molecule has 1 atom stereocenters. The van der Waals surface area contributed by atoms with Gasteiger partial charge in [-0.2, -0.15) is 0 Å². The van der Waals surface area contributed by atoms with Crippen molar-refractivity contribution in [2.45, 2.75) is 26.5 Å². The molecule has 5 heteroatoms. The summed E-state index contributed by atoms with van der Waals surface area (Å²) < 4.78 is 5.09. The van der Waals surface area contributed by atoms with Crippen molar-refractivity contribution >= 4 is 12.1 Å². The second kappa shape index (κ2) is 7.45. The number of carboxylic acids is 1. The molecule has 0 bridgehead atoms. The van der Waals surface area contributed by atoms with Crippen LogP contribution in [0.15, 0.2) is 48.5 Å². The highest BCUT2D eigenvalue weighted by atomic mass is 16.5. The van der Waals surface area contributed by atoms with Crippen LogP contribution in [-0.2, 0) is 16.1 Å². The maximum absolute atomic E-state index is 11.9. The molecule has 0 fully saturated rings. The lowest BCUT2D eigenvalue weighted by molar-refractivity contribution is -0.139. The number of benzene rings is 2. The molecule has 2 N–H and O–H groups in total. The van der Waals surface area contributed by atoms with E-state index in [0.29, 0.717) is 5.56 Å². The molecule has 0 aliphatic rings. The van der Waals surface area contributed by atoms with Crippen LogP contribution in [0, 0.1) is 13.8 Å². The van der Waals surface area contributed by atoms with Crippen LogP contribution < -0.4 is 5.32 Å². The molecule has 0 saturated heterocycles. The number of aliphatic carboxylic acids is 1. The highest BCUT2D eigenvalue weighted by Gasteiger charge is 2.24. The molecule has 2 rings (SSSR count). The number of amides is 1. The topological polar surface area (TPSA) is 75.6 Å². The second-order valence-electron chi connectivity index (χ2n) is 5.34. The summed E-state index contributed by atoms with van der Waals surface area (Å²) in [5, 5.41) is 11.8.